The lowest BCUT2D eigenvalue weighted by molar-refractivity contribution is 0.335. The average Bonchev–Trinajstić information content (AvgIpc) is 2.19. The molecular weight excluding hydrogens is 158 g/mol. The van der Waals surface area contributed by atoms with Gasteiger partial charge in [-0.3, -0.25) is 0 Å². The molecule has 0 saturated carbocycles. The van der Waals surface area contributed by atoms with E-state index in [1.807, 2.05) is 0 Å². The van der Waals surface area contributed by atoms with Crippen LogP contribution in [0.4, 0.5) is 0 Å². The Morgan fingerprint density at radius 1 is 0.846 bits per heavy atom. The predicted molar refractivity (Wildman–Crippen MR) is 61.0 cm³/mol. The molecule has 1 heteroatoms. The van der Waals surface area contributed by atoms with Crippen molar-refractivity contribution < 1.29 is 0 Å². The van der Waals surface area contributed by atoms with Crippen molar-refractivity contribution in [2.75, 3.05) is 13.1 Å². The first-order valence-corrected chi connectivity index (χ1v) is 5.99. The third-order valence-electron chi connectivity index (χ3n) is 3.08. The molecule has 1 atom stereocenters. The third-order valence-corrected chi connectivity index (χ3v) is 3.08. The number of rotatable bonds is 8. The highest BCUT2D eigenvalue weighted by molar-refractivity contribution is 4.65. The van der Waals surface area contributed by atoms with Gasteiger partial charge in [-0.2, -0.15) is 0 Å². The molecule has 0 heterocycles. The summed E-state index contributed by atoms with van der Waals surface area (Å²) in [5.41, 5.74) is 0. The molecule has 0 spiro atoms. The molecule has 0 radical (unpaired) electrons. The summed E-state index contributed by atoms with van der Waals surface area (Å²) in [6.07, 6.45) is 5.43. The van der Waals surface area contributed by atoms with E-state index in [2.05, 4.69) is 33.0 Å². The van der Waals surface area contributed by atoms with Gasteiger partial charge < -0.3 is 5.32 Å². The van der Waals surface area contributed by atoms with E-state index in [9.17, 15) is 0 Å². The molecule has 0 amide bonds. The molecule has 0 aliphatic rings. The maximum atomic E-state index is 3.45. The Balaban J connectivity index is 3.67. The van der Waals surface area contributed by atoms with Crippen LogP contribution in [0.1, 0.15) is 53.4 Å². The smallest absolute Gasteiger partial charge is 0.00206 e. The van der Waals surface area contributed by atoms with Gasteiger partial charge in [0.15, 0.2) is 0 Å². The third kappa shape index (κ3) is 6.09. The fourth-order valence-electron chi connectivity index (χ4n) is 1.84. The Bertz CT molecular complexity index is 97.3. The summed E-state index contributed by atoms with van der Waals surface area (Å²) in [5.74, 6) is 1.84. The molecule has 0 aromatic carbocycles. The van der Waals surface area contributed by atoms with Gasteiger partial charge in [0.25, 0.3) is 0 Å². The van der Waals surface area contributed by atoms with Crippen molar-refractivity contribution in [3.05, 3.63) is 0 Å². The molecular formula is C12H27N. The first-order valence-electron chi connectivity index (χ1n) is 5.99. The van der Waals surface area contributed by atoms with Crippen LogP contribution in [0.3, 0.4) is 0 Å². The zero-order valence-electron chi connectivity index (χ0n) is 9.90. The molecule has 13 heavy (non-hydrogen) atoms. The van der Waals surface area contributed by atoms with E-state index in [0.717, 1.165) is 18.4 Å². The highest BCUT2D eigenvalue weighted by Gasteiger charge is 2.11. The van der Waals surface area contributed by atoms with Crippen molar-refractivity contribution in [2.24, 2.45) is 11.8 Å². The summed E-state index contributed by atoms with van der Waals surface area (Å²) < 4.78 is 0. The van der Waals surface area contributed by atoms with Crippen molar-refractivity contribution in [1.82, 2.24) is 5.32 Å². The van der Waals surface area contributed by atoms with E-state index >= 15 is 0 Å². The van der Waals surface area contributed by atoms with E-state index in [1.54, 1.807) is 0 Å². The van der Waals surface area contributed by atoms with Gasteiger partial charge in [-0.1, -0.05) is 47.0 Å². The Kier molecular flexibility index (Phi) is 8.53. The van der Waals surface area contributed by atoms with Crippen LogP contribution >= 0.6 is 0 Å². The molecule has 0 aromatic heterocycles. The summed E-state index contributed by atoms with van der Waals surface area (Å²) >= 11 is 0. The van der Waals surface area contributed by atoms with Crippen LogP contribution in [0, 0.1) is 11.8 Å². The second kappa shape index (κ2) is 8.55. The maximum Gasteiger partial charge on any atom is -0.00206 e. The Morgan fingerprint density at radius 3 is 1.77 bits per heavy atom. The fourth-order valence-corrected chi connectivity index (χ4v) is 1.84. The first kappa shape index (κ1) is 13.0. The fraction of sp³-hybridized carbons (Fsp3) is 1.00. The first-order chi connectivity index (χ1) is 6.28. The zero-order valence-corrected chi connectivity index (χ0v) is 9.90. The van der Waals surface area contributed by atoms with E-state index in [1.165, 1.54) is 32.2 Å². The molecule has 0 rings (SSSR count). The monoisotopic (exact) mass is 185 g/mol. The van der Waals surface area contributed by atoms with Crippen molar-refractivity contribution in [2.45, 2.75) is 53.4 Å². The second-order valence-electron chi connectivity index (χ2n) is 4.00. The van der Waals surface area contributed by atoms with Crippen LogP contribution < -0.4 is 5.32 Å². The lowest BCUT2D eigenvalue weighted by atomic mass is 9.89. The van der Waals surface area contributed by atoms with Crippen LogP contribution in [0.2, 0.25) is 0 Å². The SMILES string of the molecule is CCNCC(CC)CC(CC)CC. The molecule has 1 nitrogen and oxygen atoms in total. The summed E-state index contributed by atoms with van der Waals surface area (Å²) in [5, 5.41) is 3.45. The maximum absolute atomic E-state index is 3.45. The summed E-state index contributed by atoms with van der Waals surface area (Å²) in [4.78, 5) is 0. The van der Waals surface area contributed by atoms with E-state index in [0.29, 0.717) is 0 Å². The van der Waals surface area contributed by atoms with Gasteiger partial charge in [0.2, 0.25) is 0 Å². The molecule has 0 aliphatic heterocycles. The Morgan fingerprint density at radius 2 is 1.38 bits per heavy atom. The van der Waals surface area contributed by atoms with Gasteiger partial charge in [-0.25, -0.2) is 0 Å². The molecule has 1 unspecified atom stereocenters. The van der Waals surface area contributed by atoms with E-state index in [-0.39, 0.29) is 0 Å². The van der Waals surface area contributed by atoms with E-state index < -0.39 is 0 Å². The van der Waals surface area contributed by atoms with Crippen molar-refractivity contribution in [3.8, 4) is 0 Å². The Labute approximate surface area is 84.3 Å². The summed E-state index contributed by atoms with van der Waals surface area (Å²) in [6, 6.07) is 0. The predicted octanol–water partition coefficient (Wildman–Crippen LogP) is 3.45. The zero-order chi connectivity index (χ0) is 10.1. The molecule has 0 aromatic rings. The minimum Gasteiger partial charge on any atom is -0.317 e. The second-order valence-corrected chi connectivity index (χ2v) is 4.00. The van der Waals surface area contributed by atoms with Gasteiger partial charge >= 0.3 is 0 Å². The van der Waals surface area contributed by atoms with Crippen LogP contribution in [0.25, 0.3) is 0 Å². The molecule has 1 N–H and O–H groups in total. The number of nitrogens with one attached hydrogen (secondary N) is 1. The largest absolute Gasteiger partial charge is 0.317 e. The standard InChI is InChI=1S/C12H27N/c1-5-11(6-2)9-12(7-3)10-13-8-4/h11-13H,5-10H2,1-4H3. The minimum atomic E-state index is 0.893. The van der Waals surface area contributed by atoms with Crippen molar-refractivity contribution in [3.63, 3.8) is 0 Å². The quantitative estimate of drug-likeness (QED) is 0.611. The van der Waals surface area contributed by atoms with Gasteiger partial charge in [0.1, 0.15) is 0 Å². The molecule has 0 aliphatic carbocycles. The molecule has 0 fully saturated rings. The molecule has 80 valence electrons. The van der Waals surface area contributed by atoms with Gasteiger partial charge in [0.05, 0.1) is 0 Å². The Hall–Kier alpha value is -0.0400. The number of hydrogen-bond acceptors (Lipinski definition) is 1. The summed E-state index contributed by atoms with van der Waals surface area (Å²) in [7, 11) is 0. The molecule has 0 saturated heterocycles. The van der Waals surface area contributed by atoms with Crippen LogP contribution in [-0.2, 0) is 0 Å². The van der Waals surface area contributed by atoms with Gasteiger partial charge in [-0.15, -0.1) is 0 Å². The van der Waals surface area contributed by atoms with Crippen LogP contribution in [0.15, 0.2) is 0 Å². The summed E-state index contributed by atoms with van der Waals surface area (Å²) in [6.45, 7) is 11.4. The van der Waals surface area contributed by atoms with Gasteiger partial charge in [0, 0.05) is 0 Å². The van der Waals surface area contributed by atoms with Crippen molar-refractivity contribution >= 4 is 0 Å². The topological polar surface area (TPSA) is 12.0 Å². The van der Waals surface area contributed by atoms with E-state index in [4.69, 9.17) is 0 Å². The minimum absolute atomic E-state index is 0.893. The lowest BCUT2D eigenvalue weighted by Gasteiger charge is -2.20. The van der Waals surface area contributed by atoms with Crippen molar-refractivity contribution in [1.29, 1.82) is 0 Å². The van der Waals surface area contributed by atoms with Crippen LogP contribution in [0.5, 0.6) is 0 Å². The van der Waals surface area contributed by atoms with Crippen LogP contribution in [-0.4, -0.2) is 13.1 Å². The lowest BCUT2D eigenvalue weighted by Crippen LogP contribution is -2.23. The van der Waals surface area contributed by atoms with Gasteiger partial charge in [-0.05, 0) is 31.3 Å². The average molecular weight is 185 g/mol. The molecule has 0 bridgehead atoms. The number of hydrogen-bond donors (Lipinski definition) is 1. The highest BCUT2D eigenvalue weighted by Crippen LogP contribution is 2.20. The highest BCUT2D eigenvalue weighted by atomic mass is 14.8. The normalized spacial score (nSPS) is 13.6.